The first-order valence-electron chi connectivity index (χ1n) is 13.1. The predicted molar refractivity (Wildman–Crippen MR) is 128 cm³/mol. The molecule has 0 aromatic rings. The molecule has 4 saturated carbocycles. The third kappa shape index (κ3) is 5.25. The molecule has 0 aliphatic heterocycles. The predicted octanol–water partition coefficient (Wildman–Crippen LogP) is 5.19. The highest BCUT2D eigenvalue weighted by atomic mass is 32.2. The number of halogens is 2. The zero-order chi connectivity index (χ0) is 27.2. The Morgan fingerprint density at radius 1 is 1.16 bits per heavy atom. The van der Waals surface area contributed by atoms with Crippen LogP contribution in [0.15, 0.2) is 0 Å². The summed E-state index contributed by atoms with van der Waals surface area (Å²) < 4.78 is 35.4. The van der Waals surface area contributed by atoms with Crippen molar-refractivity contribution in [2.75, 3.05) is 6.61 Å². The third-order valence-corrected chi connectivity index (χ3v) is 10.8. The highest BCUT2D eigenvalue weighted by Gasteiger charge is 2.66. The lowest BCUT2D eigenvalue weighted by molar-refractivity contribution is -0.433. The SMILES string of the molecule is CC(CCC(=O)OCC(F)(F)SOOO)[C@H]1CC[C@H]2[C@@H]3C(=O)C[C@@H]4CC(=O)CC[C@]4(C)[C@H]3CC(=O)[C@]12C. The Balaban J connectivity index is 1.41. The van der Waals surface area contributed by atoms with Crippen LogP contribution in [0.2, 0.25) is 0 Å². The number of ether oxygens (including phenoxy) is 1. The molecule has 4 aliphatic rings. The summed E-state index contributed by atoms with van der Waals surface area (Å²) in [6.45, 7) is 4.90. The van der Waals surface area contributed by atoms with E-state index in [2.05, 4.69) is 21.0 Å². The third-order valence-electron chi connectivity index (χ3n) is 10.3. The number of Topliss-reactive ketones (excluding diaryl/α,β-unsaturated/α-hetero) is 3. The van der Waals surface area contributed by atoms with Gasteiger partial charge in [-0.3, -0.25) is 19.2 Å². The summed E-state index contributed by atoms with van der Waals surface area (Å²) in [6.07, 6.45) is 4.28. The number of rotatable bonds is 9. The van der Waals surface area contributed by atoms with E-state index in [1.807, 2.05) is 13.8 Å². The molecule has 8 atom stereocenters. The number of alkyl halides is 2. The van der Waals surface area contributed by atoms with Crippen molar-refractivity contribution in [2.45, 2.75) is 83.8 Å². The molecular weight excluding hydrogens is 510 g/mol. The van der Waals surface area contributed by atoms with Crippen molar-refractivity contribution < 1.29 is 47.3 Å². The van der Waals surface area contributed by atoms with Gasteiger partial charge in [-0.1, -0.05) is 25.8 Å². The average molecular weight is 547 g/mol. The first-order valence-corrected chi connectivity index (χ1v) is 13.8. The van der Waals surface area contributed by atoms with Gasteiger partial charge in [-0.15, -0.1) is 4.33 Å². The van der Waals surface area contributed by atoms with E-state index < -0.39 is 35.3 Å². The topological polar surface area (TPSA) is 116 Å². The van der Waals surface area contributed by atoms with Crippen molar-refractivity contribution in [1.82, 2.24) is 0 Å². The van der Waals surface area contributed by atoms with E-state index in [1.165, 1.54) is 0 Å². The van der Waals surface area contributed by atoms with Crippen LogP contribution in [-0.2, 0) is 33.3 Å². The average Bonchev–Trinajstić information content (AvgIpc) is 3.20. The Morgan fingerprint density at radius 2 is 1.89 bits per heavy atom. The molecule has 37 heavy (non-hydrogen) atoms. The fourth-order valence-corrected chi connectivity index (χ4v) is 8.50. The van der Waals surface area contributed by atoms with Gasteiger partial charge in [-0.25, -0.2) is 5.26 Å². The molecule has 0 aromatic heterocycles. The van der Waals surface area contributed by atoms with Crippen molar-refractivity contribution in [1.29, 1.82) is 0 Å². The fourth-order valence-electron chi connectivity index (χ4n) is 8.26. The van der Waals surface area contributed by atoms with E-state index in [0.29, 0.717) is 32.1 Å². The van der Waals surface area contributed by atoms with Crippen molar-refractivity contribution in [3.8, 4) is 0 Å². The smallest absolute Gasteiger partial charge is 0.354 e. The van der Waals surface area contributed by atoms with Crippen molar-refractivity contribution >= 4 is 35.4 Å². The molecule has 4 fully saturated rings. The summed E-state index contributed by atoms with van der Waals surface area (Å²) in [7, 11) is 0. The van der Waals surface area contributed by atoms with Crippen LogP contribution in [0.25, 0.3) is 0 Å². The van der Waals surface area contributed by atoms with Crippen LogP contribution in [0.1, 0.15) is 78.6 Å². The van der Waals surface area contributed by atoms with Gasteiger partial charge in [0.15, 0.2) is 6.61 Å². The monoisotopic (exact) mass is 546 g/mol. The molecular formula is C26H36F2O8S. The molecule has 0 radical (unpaired) electrons. The number of fused-ring (bicyclic) bond motifs is 5. The van der Waals surface area contributed by atoms with Crippen LogP contribution in [0.3, 0.4) is 0 Å². The number of carbonyl (C=O) groups excluding carboxylic acids is 4. The maximum absolute atomic E-state index is 13.8. The molecule has 0 amide bonds. The summed E-state index contributed by atoms with van der Waals surface area (Å²) in [5.74, 6) is -0.507. The van der Waals surface area contributed by atoms with E-state index in [-0.39, 0.29) is 64.7 Å². The summed E-state index contributed by atoms with van der Waals surface area (Å²) in [5, 5.41) is 7.54. The number of carbonyl (C=O) groups is 4. The summed E-state index contributed by atoms with van der Waals surface area (Å²) >= 11 is -0.471. The number of ketones is 3. The normalized spacial score (nSPS) is 38.5. The van der Waals surface area contributed by atoms with Crippen molar-refractivity contribution in [3.05, 3.63) is 0 Å². The first kappa shape index (κ1) is 28.6. The summed E-state index contributed by atoms with van der Waals surface area (Å²) in [5.41, 5.74) is -0.842. The van der Waals surface area contributed by atoms with Crippen LogP contribution in [0, 0.1) is 46.3 Å². The van der Waals surface area contributed by atoms with Crippen LogP contribution in [0.5, 0.6) is 0 Å². The van der Waals surface area contributed by atoms with Crippen molar-refractivity contribution in [2.24, 2.45) is 46.3 Å². The maximum Gasteiger partial charge on any atom is 0.354 e. The van der Waals surface area contributed by atoms with Crippen LogP contribution >= 0.6 is 12.0 Å². The molecule has 0 bridgehead atoms. The van der Waals surface area contributed by atoms with Crippen LogP contribution in [-0.4, -0.2) is 40.4 Å². The van der Waals surface area contributed by atoms with E-state index in [0.717, 1.165) is 19.3 Å². The van der Waals surface area contributed by atoms with Gasteiger partial charge in [0.05, 0.1) is 0 Å². The second kappa shape index (κ2) is 10.6. The van der Waals surface area contributed by atoms with Crippen molar-refractivity contribution in [3.63, 3.8) is 0 Å². The van der Waals surface area contributed by atoms with E-state index in [9.17, 15) is 28.0 Å². The van der Waals surface area contributed by atoms with E-state index >= 15 is 0 Å². The Labute approximate surface area is 219 Å². The Morgan fingerprint density at radius 3 is 2.59 bits per heavy atom. The number of esters is 1. The molecule has 0 heterocycles. The lowest BCUT2D eigenvalue weighted by atomic mass is 9.44. The molecule has 8 nitrogen and oxygen atoms in total. The van der Waals surface area contributed by atoms with Crippen LogP contribution in [0.4, 0.5) is 8.78 Å². The highest BCUT2D eigenvalue weighted by molar-refractivity contribution is 7.95. The Hall–Kier alpha value is -1.43. The number of hydrogen-bond donors (Lipinski definition) is 1. The minimum Gasteiger partial charge on any atom is -0.458 e. The fraction of sp³-hybridized carbons (Fsp3) is 0.846. The second-order valence-electron chi connectivity index (χ2n) is 12.0. The molecule has 0 aromatic carbocycles. The largest absolute Gasteiger partial charge is 0.458 e. The minimum absolute atomic E-state index is 0.0166. The quantitative estimate of drug-likeness (QED) is 0.180. The van der Waals surface area contributed by atoms with E-state index in [4.69, 9.17) is 5.26 Å². The van der Waals surface area contributed by atoms with Gasteiger partial charge in [-0.2, -0.15) is 8.78 Å². The lowest BCUT2D eigenvalue weighted by Gasteiger charge is -2.58. The highest BCUT2D eigenvalue weighted by Crippen LogP contribution is 2.66. The summed E-state index contributed by atoms with van der Waals surface area (Å²) in [4.78, 5) is 51.5. The van der Waals surface area contributed by atoms with Gasteiger partial charge in [0.1, 0.15) is 29.4 Å². The molecule has 1 N–H and O–H groups in total. The maximum atomic E-state index is 13.8. The first-order chi connectivity index (χ1) is 17.3. The number of hydrogen-bond acceptors (Lipinski definition) is 9. The van der Waals surface area contributed by atoms with E-state index in [1.54, 1.807) is 0 Å². The molecule has 4 aliphatic carbocycles. The molecule has 1 unspecified atom stereocenters. The van der Waals surface area contributed by atoms with Gasteiger partial charge in [0.2, 0.25) is 0 Å². The van der Waals surface area contributed by atoms with Gasteiger partial charge < -0.3 is 4.74 Å². The van der Waals surface area contributed by atoms with Gasteiger partial charge in [0, 0.05) is 43.4 Å². The molecule has 0 spiro atoms. The lowest BCUT2D eigenvalue weighted by Crippen LogP contribution is -2.60. The standard InChI is InChI=1S/C26H36F2O8S/c1-14(4-7-22(32)34-13-26(27,28)37-36-35-33)17-5-6-18-23-19(12-21(31)25(17,18)3)24(2)9-8-16(29)10-15(24)11-20(23)30/h14-15,17-19,23,33H,4-13H2,1-3H3/t14?,15-,17+,18-,19-,23-,24-,25+/m0/s1. The minimum atomic E-state index is -3.59. The van der Waals surface area contributed by atoms with Crippen LogP contribution < -0.4 is 0 Å². The molecule has 11 heteroatoms. The zero-order valence-electron chi connectivity index (χ0n) is 21.5. The van der Waals surface area contributed by atoms with Gasteiger partial charge >= 0.3 is 11.2 Å². The van der Waals surface area contributed by atoms with Gasteiger partial charge in [0.25, 0.3) is 0 Å². The summed E-state index contributed by atoms with van der Waals surface area (Å²) in [6, 6.07) is 0. The zero-order valence-corrected chi connectivity index (χ0v) is 22.3. The molecule has 4 rings (SSSR count). The Kier molecular flexibility index (Phi) is 8.20. The second-order valence-corrected chi connectivity index (χ2v) is 12.9. The molecule has 0 saturated heterocycles. The Bertz CT molecular complexity index is 944. The van der Waals surface area contributed by atoms with Gasteiger partial charge in [-0.05, 0) is 60.7 Å². The molecule has 208 valence electrons.